The van der Waals surface area contributed by atoms with Crippen LogP contribution in [-0.2, 0) is 4.79 Å². The molecule has 0 saturated heterocycles. The summed E-state index contributed by atoms with van der Waals surface area (Å²) in [4.78, 5) is 10.4. The van der Waals surface area contributed by atoms with Gasteiger partial charge in [0.15, 0.2) is 0 Å². The first-order chi connectivity index (χ1) is 4.68. The van der Waals surface area contributed by atoms with Gasteiger partial charge in [-0.25, -0.2) is 0 Å². The monoisotopic (exact) mass is 140 g/mol. The molecule has 0 aromatic rings. The first-order valence-corrected chi connectivity index (χ1v) is 3.41. The van der Waals surface area contributed by atoms with Gasteiger partial charge in [-0.3, -0.25) is 4.79 Å². The summed E-state index contributed by atoms with van der Waals surface area (Å²) in [6.45, 7) is 5.10. The molecule has 1 aliphatic rings. The molecule has 1 fully saturated rings. The summed E-state index contributed by atoms with van der Waals surface area (Å²) in [5.74, 6) is 0.549. The molecule has 0 aromatic carbocycles. The molecule has 1 aliphatic carbocycles. The average molecular weight is 140 g/mol. The fourth-order valence-corrected chi connectivity index (χ4v) is 0.723. The van der Waals surface area contributed by atoms with E-state index in [4.69, 9.17) is 0 Å². The first-order valence-electron chi connectivity index (χ1n) is 3.41. The fraction of sp³-hybridized carbons (Fsp3) is 0.571. The maximum atomic E-state index is 10.4. The minimum atomic E-state index is -0.0712. The Morgan fingerprint density at radius 3 is 2.60 bits per heavy atom. The van der Waals surface area contributed by atoms with Crippen LogP contribution < -0.4 is 10.6 Å². The lowest BCUT2D eigenvalue weighted by Gasteiger charge is -2.06. The summed E-state index contributed by atoms with van der Waals surface area (Å²) in [6, 6.07) is 0.555. The van der Waals surface area contributed by atoms with Gasteiger partial charge in [0.2, 0.25) is 5.91 Å². The minimum absolute atomic E-state index is 0.0712. The summed E-state index contributed by atoms with van der Waals surface area (Å²) in [5, 5.41) is 5.63. The Morgan fingerprint density at radius 1 is 1.60 bits per heavy atom. The molecule has 0 spiro atoms. The molecule has 0 atom stereocenters. The van der Waals surface area contributed by atoms with Gasteiger partial charge in [0.1, 0.15) is 0 Å². The number of nitrogens with one attached hydrogen (secondary N) is 2. The second-order valence-electron chi connectivity index (χ2n) is 2.58. The van der Waals surface area contributed by atoms with Crippen molar-refractivity contribution in [1.29, 1.82) is 0 Å². The summed E-state index contributed by atoms with van der Waals surface area (Å²) in [7, 11) is 0. The Bertz CT molecular complexity index is 161. The van der Waals surface area contributed by atoms with E-state index in [0.717, 1.165) is 0 Å². The van der Waals surface area contributed by atoms with E-state index in [2.05, 4.69) is 17.2 Å². The van der Waals surface area contributed by atoms with E-state index in [1.807, 2.05) is 0 Å². The first kappa shape index (κ1) is 7.12. The van der Waals surface area contributed by atoms with Gasteiger partial charge in [0.25, 0.3) is 0 Å². The molecule has 0 heterocycles. The van der Waals surface area contributed by atoms with Crippen LogP contribution in [0.2, 0.25) is 0 Å². The molecule has 10 heavy (non-hydrogen) atoms. The summed E-state index contributed by atoms with van der Waals surface area (Å²) in [5.41, 5.74) is 0. The van der Waals surface area contributed by atoms with Crippen LogP contribution in [0.4, 0.5) is 0 Å². The van der Waals surface area contributed by atoms with Crippen molar-refractivity contribution in [1.82, 2.24) is 10.6 Å². The highest BCUT2D eigenvalue weighted by Gasteiger charge is 2.21. The number of hydrogen-bond acceptors (Lipinski definition) is 2. The number of rotatable bonds is 3. The number of carbonyl (C=O) groups is 1. The average Bonchev–Trinajstić information content (AvgIpc) is 2.46. The normalized spacial score (nSPS) is 16.1. The van der Waals surface area contributed by atoms with Crippen LogP contribution in [-0.4, -0.2) is 11.9 Å². The largest absolute Gasteiger partial charge is 0.369 e. The lowest BCUT2D eigenvalue weighted by molar-refractivity contribution is -0.118. The van der Waals surface area contributed by atoms with E-state index >= 15 is 0 Å². The lowest BCUT2D eigenvalue weighted by atomic mass is 10.6. The second-order valence-corrected chi connectivity index (χ2v) is 2.58. The molecule has 0 radical (unpaired) electrons. The fourth-order valence-electron chi connectivity index (χ4n) is 0.723. The van der Waals surface area contributed by atoms with Gasteiger partial charge >= 0.3 is 0 Å². The predicted molar refractivity (Wildman–Crippen MR) is 39.1 cm³/mol. The Labute approximate surface area is 60.5 Å². The van der Waals surface area contributed by atoms with Crippen LogP contribution in [0.3, 0.4) is 0 Å². The highest BCUT2D eigenvalue weighted by atomic mass is 16.1. The van der Waals surface area contributed by atoms with Gasteiger partial charge in [0, 0.05) is 13.0 Å². The quantitative estimate of drug-likeness (QED) is 0.593. The summed E-state index contributed by atoms with van der Waals surface area (Å²) in [6.07, 6.45) is 2.39. The molecule has 0 unspecified atom stereocenters. The minimum Gasteiger partial charge on any atom is -0.369 e. The van der Waals surface area contributed by atoms with Crippen molar-refractivity contribution < 1.29 is 4.79 Å². The standard InChI is InChI=1S/C7H12N2O/c1-5(8-6(2)10)9-7-3-4-7/h7,9H,1,3-4H2,2H3,(H,8,10). The zero-order valence-electron chi connectivity index (χ0n) is 6.11. The number of carbonyl (C=O) groups excluding carboxylic acids is 1. The van der Waals surface area contributed by atoms with E-state index in [9.17, 15) is 4.79 Å². The topological polar surface area (TPSA) is 41.1 Å². The number of hydrogen-bond donors (Lipinski definition) is 2. The molecule has 3 heteroatoms. The van der Waals surface area contributed by atoms with Crippen molar-refractivity contribution in [3.05, 3.63) is 12.4 Å². The van der Waals surface area contributed by atoms with Crippen LogP contribution in [0.1, 0.15) is 19.8 Å². The van der Waals surface area contributed by atoms with Gasteiger partial charge < -0.3 is 10.6 Å². The molecule has 3 nitrogen and oxygen atoms in total. The zero-order valence-corrected chi connectivity index (χ0v) is 6.11. The van der Waals surface area contributed by atoms with Crippen LogP contribution in [0, 0.1) is 0 Å². The van der Waals surface area contributed by atoms with Crippen LogP contribution in [0.15, 0.2) is 12.4 Å². The summed E-state index contributed by atoms with van der Waals surface area (Å²) >= 11 is 0. The van der Waals surface area contributed by atoms with E-state index in [1.54, 1.807) is 0 Å². The summed E-state index contributed by atoms with van der Waals surface area (Å²) < 4.78 is 0. The van der Waals surface area contributed by atoms with Crippen molar-refractivity contribution in [2.75, 3.05) is 0 Å². The van der Waals surface area contributed by atoms with Gasteiger partial charge in [-0.05, 0) is 12.8 Å². The Morgan fingerprint density at radius 2 is 2.20 bits per heavy atom. The molecular formula is C7H12N2O. The molecular weight excluding hydrogens is 128 g/mol. The lowest BCUT2D eigenvalue weighted by Crippen LogP contribution is -2.29. The Balaban J connectivity index is 2.14. The second kappa shape index (κ2) is 2.73. The molecule has 1 rings (SSSR count). The third-order valence-corrected chi connectivity index (χ3v) is 1.28. The number of amides is 1. The third-order valence-electron chi connectivity index (χ3n) is 1.28. The van der Waals surface area contributed by atoms with Crippen LogP contribution in [0.5, 0.6) is 0 Å². The highest BCUT2D eigenvalue weighted by Crippen LogP contribution is 2.19. The molecule has 0 aliphatic heterocycles. The van der Waals surface area contributed by atoms with Crippen molar-refractivity contribution in [3.8, 4) is 0 Å². The smallest absolute Gasteiger partial charge is 0.222 e. The molecule has 2 N–H and O–H groups in total. The maximum absolute atomic E-state index is 10.4. The highest BCUT2D eigenvalue weighted by molar-refractivity contribution is 5.74. The predicted octanol–water partition coefficient (Wildman–Crippen LogP) is 0.346. The Hall–Kier alpha value is -0.990. The van der Waals surface area contributed by atoms with Gasteiger partial charge in [-0.15, -0.1) is 0 Å². The molecule has 1 saturated carbocycles. The van der Waals surface area contributed by atoms with Crippen LogP contribution in [0.25, 0.3) is 0 Å². The van der Waals surface area contributed by atoms with Crippen molar-refractivity contribution in [3.63, 3.8) is 0 Å². The van der Waals surface area contributed by atoms with E-state index in [0.29, 0.717) is 11.9 Å². The molecule has 1 amide bonds. The van der Waals surface area contributed by atoms with Gasteiger partial charge in [0.05, 0.1) is 5.82 Å². The van der Waals surface area contributed by atoms with E-state index in [-0.39, 0.29) is 5.91 Å². The third kappa shape index (κ3) is 2.53. The van der Waals surface area contributed by atoms with E-state index in [1.165, 1.54) is 19.8 Å². The maximum Gasteiger partial charge on any atom is 0.222 e. The van der Waals surface area contributed by atoms with Gasteiger partial charge in [-0.1, -0.05) is 6.58 Å². The molecule has 56 valence electrons. The van der Waals surface area contributed by atoms with Crippen molar-refractivity contribution >= 4 is 5.91 Å². The van der Waals surface area contributed by atoms with Crippen molar-refractivity contribution in [2.45, 2.75) is 25.8 Å². The van der Waals surface area contributed by atoms with E-state index < -0.39 is 0 Å². The molecule has 0 bridgehead atoms. The van der Waals surface area contributed by atoms with Gasteiger partial charge in [-0.2, -0.15) is 0 Å². The zero-order chi connectivity index (χ0) is 7.56. The Kier molecular flexibility index (Phi) is 1.94. The van der Waals surface area contributed by atoms with Crippen molar-refractivity contribution in [2.24, 2.45) is 0 Å². The molecule has 0 aromatic heterocycles. The van der Waals surface area contributed by atoms with Crippen LogP contribution >= 0.6 is 0 Å². The SMILES string of the molecule is C=C(NC(C)=O)NC1CC1.